The third-order valence-electron chi connectivity index (χ3n) is 4.01. The Morgan fingerprint density at radius 3 is 2.21 bits per heavy atom. The van der Waals surface area contributed by atoms with Crippen LogP contribution in [0.15, 0.2) is 64.1 Å². The maximum atomic E-state index is 12.3. The van der Waals surface area contributed by atoms with E-state index in [1.807, 2.05) is 0 Å². The number of methoxy groups -OCH3 is 2. The van der Waals surface area contributed by atoms with E-state index in [9.17, 15) is 9.59 Å². The van der Waals surface area contributed by atoms with Gasteiger partial charge >= 0.3 is 5.97 Å². The number of hydrogen-bond donors (Lipinski definition) is 2. The maximum Gasteiger partial charge on any atom is 0.335 e. The number of nitrogens with zero attached hydrogens (tertiary/aromatic N) is 1. The zero-order valence-corrected chi connectivity index (χ0v) is 15.7. The van der Waals surface area contributed by atoms with Gasteiger partial charge in [0, 0.05) is 17.2 Å². The molecule has 1 heterocycles. The number of carbonyl (C=O) groups excluding carboxylic acids is 1. The Morgan fingerprint density at radius 2 is 1.62 bits per heavy atom. The first-order valence-electron chi connectivity index (χ1n) is 8.50. The SMILES string of the molecule is COc1cc(OC)cc(C(=O)N/N=C/c2ccc(-c3ccc(C(=O)O)cc3)o2)c1. The summed E-state index contributed by atoms with van der Waals surface area (Å²) in [5.74, 6) is 0.520. The summed E-state index contributed by atoms with van der Waals surface area (Å²) < 4.78 is 15.9. The number of carboxylic acid groups (broad SMARTS) is 1. The number of ether oxygens (including phenoxy) is 2. The molecule has 0 fully saturated rings. The number of hydrogen-bond acceptors (Lipinski definition) is 6. The number of aromatic carboxylic acids is 1. The van der Waals surface area contributed by atoms with Crippen molar-refractivity contribution in [2.45, 2.75) is 0 Å². The predicted molar refractivity (Wildman–Crippen MR) is 106 cm³/mol. The number of hydrazone groups is 1. The molecule has 0 aliphatic heterocycles. The fourth-order valence-corrected chi connectivity index (χ4v) is 2.51. The summed E-state index contributed by atoms with van der Waals surface area (Å²) in [5.41, 5.74) is 3.66. The molecule has 0 aliphatic carbocycles. The third-order valence-corrected chi connectivity index (χ3v) is 4.01. The van der Waals surface area contributed by atoms with E-state index in [0.29, 0.717) is 28.6 Å². The molecule has 0 unspecified atom stereocenters. The van der Waals surface area contributed by atoms with Crippen LogP contribution in [0.4, 0.5) is 0 Å². The Balaban J connectivity index is 1.67. The van der Waals surface area contributed by atoms with Crippen molar-refractivity contribution in [1.82, 2.24) is 5.43 Å². The number of carbonyl (C=O) groups is 2. The molecule has 0 saturated heterocycles. The molecule has 29 heavy (non-hydrogen) atoms. The van der Waals surface area contributed by atoms with E-state index in [2.05, 4.69) is 10.5 Å². The lowest BCUT2D eigenvalue weighted by Crippen LogP contribution is -2.17. The molecular formula is C21H18N2O6. The summed E-state index contributed by atoms with van der Waals surface area (Å²) in [7, 11) is 3.00. The Labute approximate surface area is 166 Å². The average Bonchev–Trinajstić information content (AvgIpc) is 3.22. The lowest BCUT2D eigenvalue weighted by Gasteiger charge is -2.07. The Bertz CT molecular complexity index is 1030. The summed E-state index contributed by atoms with van der Waals surface area (Å²) in [4.78, 5) is 23.2. The van der Waals surface area contributed by atoms with Crippen molar-refractivity contribution >= 4 is 18.1 Å². The van der Waals surface area contributed by atoms with Crippen molar-refractivity contribution in [3.63, 3.8) is 0 Å². The minimum absolute atomic E-state index is 0.193. The van der Waals surface area contributed by atoms with Gasteiger partial charge in [-0.3, -0.25) is 4.79 Å². The highest BCUT2D eigenvalue weighted by molar-refractivity contribution is 5.95. The highest BCUT2D eigenvalue weighted by Gasteiger charge is 2.10. The zero-order valence-electron chi connectivity index (χ0n) is 15.7. The predicted octanol–water partition coefficient (Wildman–Crippen LogP) is 3.43. The molecule has 8 heteroatoms. The van der Waals surface area contributed by atoms with Gasteiger partial charge in [0.15, 0.2) is 0 Å². The monoisotopic (exact) mass is 394 g/mol. The van der Waals surface area contributed by atoms with Gasteiger partial charge in [-0.05, 0) is 36.4 Å². The largest absolute Gasteiger partial charge is 0.497 e. The van der Waals surface area contributed by atoms with Gasteiger partial charge < -0.3 is 19.0 Å². The number of benzene rings is 2. The van der Waals surface area contributed by atoms with Crippen molar-refractivity contribution in [2.75, 3.05) is 14.2 Å². The second kappa shape index (κ2) is 8.75. The summed E-state index contributed by atoms with van der Waals surface area (Å²) in [5, 5.41) is 12.8. The van der Waals surface area contributed by atoms with Crippen LogP contribution in [-0.2, 0) is 0 Å². The Hall–Kier alpha value is -4.07. The summed E-state index contributed by atoms with van der Waals surface area (Å²) in [6.07, 6.45) is 1.37. The van der Waals surface area contributed by atoms with Gasteiger partial charge in [0.1, 0.15) is 23.0 Å². The molecule has 0 saturated carbocycles. The summed E-state index contributed by atoms with van der Waals surface area (Å²) in [6.45, 7) is 0. The Kier molecular flexibility index (Phi) is 5.94. The molecule has 2 N–H and O–H groups in total. The molecule has 0 atom stereocenters. The molecule has 0 bridgehead atoms. The minimum atomic E-state index is -0.992. The topological polar surface area (TPSA) is 110 Å². The van der Waals surface area contributed by atoms with Crippen molar-refractivity contribution in [3.8, 4) is 22.8 Å². The van der Waals surface area contributed by atoms with Crippen LogP contribution in [0.5, 0.6) is 11.5 Å². The smallest absolute Gasteiger partial charge is 0.335 e. The number of furan rings is 1. The first-order chi connectivity index (χ1) is 14.0. The van der Waals surface area contributed by atoms with Gasteiger partial charge in [-0.2, -0.15) is 5.10 Å². The number of carboxylic acids is 1. The van der Waals surface area contributed by atoms with E-state index in [-0.39, 0.29) is 5.56 Å². The molecular weight excluding hydrogens is 376 g/mol. The Morgan fingerprint density at radius 1 is 0.966 bits per heavy atom. The van der Waals surface area contributed by atoms with E-state index < -0.39 is 11.9 Å². The van der Waals surface area contributed by atoms with Gasteiger partial charge in [-0.25, -0.2) is 10.2 Å². The van der Waals surface area contributed by atoms with E-state index in [4.69, 9.17) is 19.0 Å². The third kappa shape index (κ3) is 4.81. The fraction of sp³-hybridized carbons (Fsp3) is 0.0952. The van der Waals surface area contributed by atoms with Gasteiger partial charge in [0.25, 0.3) is 5.91 Å². The van der Waals surface area contributed by atoms with E-state index >= 15 is 0 Å². The van der Waals surface area contributed by atoms with Crippen molar-refractivity contribution in [3.05, 3.63) is 71.5 Å². The molecule has 2 aromatic carbocycles. The quantitative estimate of drug-likeness (QED) is 0.469. The fourth-order valence-electron chi connectivity index (χ4n) is 2.51. The molecule has 3 rings (SSSR count). The van der Waals surface area contributed by atoms with E-state index in [0.717, 1.165) is 5.56 Å². The van der Waals surface area contributed by atoms with Crippen LogP contribution in [0.2, 0.25) is 0 Å². The van der Waals surface area contributed by atoms with Crippen LogP contribution in [0.25, 0.3) is 11.3 Å². The molecule has 0 aliphatic rings. The average molecular weight is 394 g/mol. The first-order valence-corrected chi connectivity index (χ1v) is 8.50. The van der Waals surface area contributed by atoms with Crippen molar-refractivity contribution < 1.29 is 28.6 Å². The molecule has 1 amide bonds. The van der Waals surface area contributed by atoms with Gasteiger partial charge in [-0.1, -0.05) is 12.1 Å². The molecule has 3 aromatic rings. The number of rotatable bonds is 7. The van der Waals surface area contributed by atoms with Crippen LogP contribution >= 0.6 is 0 Å². The molecule has 0 radical (unpaired) electrons. The highest BCUT2D eigenvalue weighted by Crippen LogP contribution is 2.23. The lowest BCUT2D eigenvalue weighted by molar-refractivity contribution is 0.0696. The number of nitrogens with one attached hydrogen (secondary N) is 1. The standard InChI is InChI=1S/C21H18N2O6/c1-27-17-9-15(10-18(11-17)28-2)20(24)23-22-12-16-7-8-19(29-16)13-3-5-14(6-4-13)21(25)26/h3-12H,1-2H3,(H,23,24)(H,25,26)/b22-12+. The van der Waals surface area contributed by atoms with Crippen LogP contribution < -0.4 is 14.9 Å². The molecule has 1 aromatic heterocycles. The van der Waals surface area contributed by atoms with Crippen LogP contribution in [0, 0.1) is 0 Å². The van der Waals surface area contributed by atoms with Crippen molar-refractivity contribution in [2.24, 2.45) is 5.10 Å². The first kappa shape index (κ1) is 19.7. The summed E-state index contributed by atoms with van der Waals surface area (Å²) >= 11 is 0. The van der Waals surface area contributed by atoms with E-state index in [1.54, 1.807) is 42.5 Å². The minimum Gasteiger partial charge on any atom is -0.497 e. The lowest BCUT2D eigenvalue weighted by atomic mass is 10.1. The van der Waals surface area contributed by atoms with Crippen LogP contribution in [-0.4, -0.2) is 37.4 Å². The second-order valence-corrected chi connectivity index (χ2v) is 5.88. The van der Waals surface area contributed by atoms with Gasteiger partial charge in [-0.15, -0.1) is 0 Å². The highest BCUT2D eigenvalue weighted by atomic mass is 16.5. The normalized spacial score (nSPS) is 10.7. The maximum absolute atomic E-state index is 12.3. The number of amides is 1. The molecule has 8 nitrogen and oxygen atoms in total. The molecule has 148 valence electrons. The van der Waals surface area contributed by atoms with Crippen LogP contribution in [0.1, 0.15) is 26.5 Å². The van der Waals surface area contributed by atoms with Gasteiger partial charge in [0.05, 0.1) is 26.0 Å². The zero-order chi connectivity index (χ0) is 20.8. The molecule has 0 spiro atoms. The van der Waals surface area contributed by atoms with Gasteiger partial charge in [0.2, 0.25) is 0 Å². The van der Waals surface area contributed by atoms with E-state index in [1.165, 1.54) is 32.6 Å². The second-order valence-electron chi connectivity index (χ2n) is 5.88. The van der Waals surface area contributed by atoms with Crippen LogP contribution in [0.3, 0.4) is 0 Å². The summed E-state index contributed by atoms with van der Waals surface area (Å²) in [6, 6.07) is 14.5. The van der Waals surface area contributed by atoms with Crippen molar-refractivity contribution in [1.29, 1.82) is 0 Å².